The summed E-state index contributed by atoms with van der Waals surface area (Å²) in [6.45, 7) is 6.85. The number of hydrogen-bond acceptors (Lipinski definition) is 7. The van der Waals surface area contributed by atoms with Crippen molar-refractivity contribution in [3.8, 4) is 0 Å². The minimum Gasteiger partial charge on any atom is -0.349 e. The second-order valence-corrected chi connectivity index (χ2v) is 15.6. The quantitative estimate of drug-likeness (QED) is 0.141. The van der Waals surface area contributed by atoms with E-state index in [4.69, 9.17) is 5.73 Å². The van der Waals surface area contributed by atoms with Gasteiger partial charge in [0.25, 0.3) is 11.5 Å². The first kappa shape index (κ1) is 39.6. The summed E-state index contributed by atoms with van der Waals surface area (Å²) < 4.78 is 16.2. The van der Waals surface area contributed by atoms with Crippen molar-refractivity contribution in [1.82, 2.24) is 31.2 Å². The molecule has 8 N–H and O–H groups in total. The van der Waals surface area contributed by atoms with Crippen molar-refractivity contribution in [3.05, 3.63) is 63.3 Å². The summed E-state index contributed by atoms with van der Waals surface area (Å²) in [5, 5.41) is 10.8. The number of aromatic nitrogens is 2. The van der Waals surface area contributed by atoms with Crippen molar-refractivity contribution in [2.45, 2.75) is 96.3 Å². The van der Waals surface area contributed by atoms with E-state index < -0.39 is 76.6 Å². The molecule has 0 bridgehead atoms. The Labute approximate surface area is 305 Å². The maximum absolute atomic E-state index is 14.0. The molecule has 1 aromatic carbocycles. The first-order chi connectivity index (χ1) is 22.5. The van der Waals surface area contributed by atoms with Crippen LogP contribution >= 0.6 is 45.2 Å². The predicted octanol–water partition coefficient (Wildman–Crippen LogP) is 2.20. The number of halogens is 3. The molecule has 0 radical (unpaired) electrons. The van der Waals surface area contributed by atoms with Crippen LogP contribution < -0.4 is 38.2 Å². The number of hydrogen-bond donors (Lipinski definition) is 7. The zero-order chi connectivity index (χ0) is 35.8. The lowest BCUT2D eigenvalue weighted by molar-refractivity contribution is -0.134. The fourth-order valence-corrected chi connectivity index (χ4v) is 7.45. The van der Waals surface area contributed by atoms with Crippen LogP contribution in [0.4, 0.5) is 4.39 Å². The maximum atomic E-state index is 14.0. The molecule has 0 spiro atoms. The summed E-state index contributed by atoms with van der Waals surface area (Å²) in [6.07, 6.45) is 6.23. The molecule has 264 valence electrons. The minimum absolute atomic E-state index is 0.263. The highest BCUT2D eigenvalue weighted by atomic mass is 127. The van der Waals surface area contributed by atoms with Crippen LogP contribution in [0, 0.1) is 24.8 Å². The fourth-order valence-electron chi connectivity index (χ4n) is 5.66. The summed E-state index contributed by atoms with van der Waals surface area (Å²) in [6, 6.07) is 2.87. The predicted molar refractivity (Wildman–Crippen MR) is 196 cm³/mol. The highest BCUT2D eigenvalue weighted by molar-refractivity contribution is 14.1. The molecule has 48 heavy (non-hydrogen) atoms. The molecule has 0 unspecified atom stereocenters. The highest BCUT2D eigenvalue weighted by Crippen LogP contribution is 2.28. The van der Waals surface area contributed by atoms with E-state index in [-0.39, 0.29) is 11.8 Å². The van der Waals surface area contributed by atoms with Gasteiger partial charge < -0.3 is 32.0 Å². The molecule has 1 saturated carbocycles. The number of carbonyl (C=O) groups is 4. The Bertz CT molecular complexity index is 1610. The van der Waals surface area contributed by atoms with Crippen LogP contribution in [0.15, 0.2) is 27.8 Å². The second kappa shape index (κ2) is 17.7. The molecular formula is C32H44FI2N7O6. The third-order valence-corrected chi connectivity index (χ3v) is 9.89. The van der Waals surface area contributed by atoms with Gasteiger partial charge in [0, 0.05) is 19.2 Å². The van der Waals surface area contributed by atoms with Gasteiger partial charge in [0.15, 0.2) is 0 Å². The lowest BCUT2D eigenvalue weighted by Gasteiger charge is -2.33. The number of rotatable bonds is 14. The summed E-state index contributed by atoms with van der Waals surface area (Å²) in [4.78, 5) is 79.3. The minimum atomic E-state index is -1.50. The Kier molecular flexibility index (Phi) is 14.6. The van der Waals surface area contributed by atoms with Gasteiger partial charge in [-0.05, 0) is 101 Å². The molecule has 0 saturated heterocycles. The van der Waals surface area contributed by atoms with Gasteiger partial charge >= 0.3 is 5.69 Å². The first-order valence-electron chi connectivity index (χ1n) is 15.9. The van der Waals surface area contributed by atoms with E-state index in [0.717, 1.165) is 44.8 Å². The summed E-state index contributed by atoms with van der Waals surface area (Å²) in [5.41, 5.74) is 3.07. The van der Waals surface area contributed by atoms with Gasteiger partial charge in [0.1, 0.15) is 23.8 Å². The standard InChI is InChI=1S/C32H44FI2N7O6/c1-16(2)24(39-26(43)21(36)15-37-29(46)25-23(33)28(45)41-31(48)40-25)30(47)38-22(12-17-8-6-5-7-9-17)27(44)42-32(3,4)14-18-10-11-19(34)13-20(18)35/h10-11,13,16-17,21-22,24H,5-9,12,14-15,36H2,1-4H3,(H,37,46)(H,38,47)(H,39,43)(H,42,44)(H2,40,41,45,48)/t21-,22-,24-/m0/s1. The number of carbonyl (C=O) groups excluding carboxylic acids is 4. The Morgan fingerprint density at radius 1 is 1.00 bits per heavy atom. The highest BCUT2D eigenvalue weighted by Gasteiger charge is 2.34. The van der Waals surface area contributed by atoms with Crippen LogP contribution in [0.1, 0.15) is 82.3 Å². The molecule has 1 heterocycles. The molecule has 3 atom stereocenters. The van der Waals surface area contributed by atoms with Crippen LogP contribution in [0.3, 0.4) is 0 Å². The molecule has 1 aromatic heterocycles. The topological polar surface area (TPSA) is 208 Å². The van der Waals surface area contributed by atoms with E-state index in [2.05, 4.69) is 72.5 Å². The van der Waals surface area contributed by atoms with Crippen molar-refractivity contribution < 1.29 is 23.6 Å². The third kappa shape index (κ3) is 11.6. The summed E-state index contributed by atoms with van der Waals surface area (Å²) in [5.74, 6) is -4.44. The summed E-state index contributed by atoms with van der Waals surface area (Å²) in [7, 11) is 0. The Balaban J connectivity index is 1.69. The van der Waals surface area contributed by atoms with Gasteiger partial charge in [-0.2, -0.15) is 4.39 Å². The average molecular weight is 896 g/mol. The SMILES string of the molecule is CC(C)[C@H](NC(=O)[C@@H](N)CNC(=O)c1[nH]c(=O)[nH]c(=O)c1F)C(=O)N[C@@H](CC1CCCCC1)C(=O)NC(C)(C)Cc1ccc(I)cc1I. The van der Waals surface area contributed by atoms with E-state index in [0.29, 0.717) is 12.8 Å². The molecule has 1 aliphatic carbocycles. The zero-order valence-electron chi connectivity index (χ0n) is 27.4. The number of amides is 4. The van der Waals surface area contributed by atoms with Gasteiger partial charge in [-0.1, -0.05) is 52.0 Å². The molecule has 0 aliphatic heterocycles. The van der Waals surface area contributed by atoms with Gasteiger partial charge in [-0.15, -0.1) is 0 Å². The Hall–Kier alpha value is -2.87. The van der Waals surface area contributed by atoms with Crippen LogP contribution in [-0.4, -0.2) is 63.8 Å². The lowest BCUT2D eigenvalue weighted by Crippen LogP contribution is -2.60. The lowest BCUT2D eigenvalue weighted by atomic mass is 9.84. The number of benzene rings is 1. The molecule has 2 aromatic rings. The zero-order valence-corrected chi connectivity index (χ0v) is 31.8. The Morgan fingerprint density at radius 2 is 1.67 bits per heavy atom. The average Bonchev–Trinajstić information content (AvgIpc) is 3.01. The van der Waals surface area contributed by atoms with E-state index in [9.17, 15) is 33.2 Å². The summed E-state index contributed by atoms with van der Waals surface area (Å²) >= 11 is 4.55. The first-order valence-corrected chi connectivity index (χ1v) is 18.1. The van der Waals surface area contributed by atoms with Gasteiger partial charge in [-0.25, -0.2) is 4.79 Å². The van der Waals surface area contributed by atoms with Crippen LogP contribution in [0.5, 0.6) is 0 Å². The second-order valence-electron chi connectivity index (χ2n) is 13.2. The van der Waals surface area contributed by atoms with E-state index in [1.165, 1.54) is 0 Å². The van der Waals surface area contributed by atoms with Crippen molar-refractivity contribution >= 4 is 68.8 Å². The monoisotopic (exact) mass is 895 g/mol. The number of aromatic amines is 2. The van der Waals surface area contributed by atoms with Crippen molar-refractivity contribution in [3.63, 3.8) is 0 Å². The van der Waals surface area contributed by atoms with Gasteiger partial charge in [0.2, 0.25) is 23.5 Å². The van der Waals surface area contributed by atoms with E-state index in [1.54, 1.807) is 18.8 Å². The molecule has 1 aliphatic rings. The maximum Gasteiger partial charge on any atom is 0.326 e. The fraction of sp³-hybridized carbons (Fsp3) is 0.562. The molecular weight excluding hydrogens is 851 g/mol. The van der Waals surface area contributed by atoms with Gasteiger partial charge in [-0.3, -0.25) is 29.0 Å². The van der Waals surface area contributed by atoms with Crippen molar-refractivity contribution in [1.29, 1.82) is 0 Å². The smallest absolute Gasteiger partial charge is 0.326 e. The van der Waals surface area contributed by atoms with Crippen LogP contribution in [0.2, 0.25) is 0 Å². The Morgan fingerprint density at radius 3 is 2.29 bits per heavy atom. The number of nitrogens with one attached hydrogen (secondary N) is 6. The number of H-pyrrole nitrogens is 2. The van der Waals surface area contributed by atoms with Crippen molar-refractivity contribution in [2.24, 2.45) is 17.6 Å². The van der Waals surface area contributed by atoms with E-state index >= 15 is 0 Å². The van der Waals surface area contributed by atoms with Crippen LogP contribution in [0.25, 0.3) is 0 Å². The molecule has 1 fully saturated rings. The van der Waals surface area contributed by atoms with Crippen LogP contribution in [-0.2, 0) is 20.8 Å². The number of nitrogens with two attached hydrogens (primary N) is 1. The molecule has 13 nitrogen and oxygen atoms in total. The van der Waals surface area contributed by atoms with Crippen molar-refractivity contribution in [2.75, 3.05) is 6.54 Å². The third-order valence-electron chi connectivity index (χ3n) is 8.21. The van der Waals surface area contributed by atoms with E-state index in [1.807, 2.05) is 31.0 Å². The molecule has 4 amide bonds. The largest absolute Gasteiger partial charge is 0.349 e. The normalized spacial score (nSPS) is 15.7. The molecule has 3 rings (SSSR count). The molecule has 16 heteroatoms. The van der Waals surface area contributed by atoms with Gasteiger partial charge in [0.05, 0.1) is 0 Å².